The minimum atomic E-state index is -4.19. The van der Waals surface area contributed by atoms with Crippen molar-refractivity contribution in [3.63, 3.8) is 0 Å². The Morgan fingerprint density at radius 3 is 1.47 bits per heavy atom. The van der Waals surface area contributed by atoms with Crippen LogP contribution in [0.2, 0.25) is 0 Å². The van der Waals surface area contributed by atoms with Crippen molar-refractivity contribution in [2.45, 2.75) is 4.90 Å². The second-order valence-corrected chi connectivity index (χ2v) is 4.51. The molecule has 2 aromatic carbocycles. The van der Waals surface area contributed by atoms with Crippen molar-refractivity contribution in [1.29, 1.82) is 0 Å². The van der Waals surface area contributed by atoms with E-state index in [0.29, 0.717) is 0 Å². The molecule has 0 bridgehead atoms. The van der Waals surface area contributed by atoms with Gasteiger partial charge in [0.25, 0.3) is 10.1 Å². The third-order valence-electron chi connectivity index (χ3n) is 1.78. The fourth-order valence-electron chi connectivity index (χ4n) is 0.991. The zero-order valence-electron chi connectivity index (χ0n) is 8.82. The van der Waals surface area contributed by atoms with Gasteiger partial charge in [-0.3, -0.25) is 4.55 Å². The minimum absolute atomic E-state index is 0.307. The van der Waals surface area contributed by atoms with Gasteiger partial charge in [-0.2, -0.15) is 8.42 Å². The van der Waals surface area contributed by atoms with E-state index in [2.05, 4.69) is 0 Å². The van der Waals surface area contributed by atoms with Gasteiger partial charge >= 0.3 is 0 Å². The predicted octanol–water partition coefficient (Wildman–Crippen LogP) is 2.76. The zero-order valence-corrected chi connectivity index (χ0v) is 9.64. The molecule has 0 aromatic heterocycles. The molecule has 0 unspecified atom stereocenters. The summed E-state index contributed by atoms with van der Waals surface area (Å²) in [5.74, 6) is -0.544. The van der Waals surface area contributed by atoms with E-state index in [1.807, 2.05) is 36.4 Å². The molecule has 0 aliphatic heterocycles. The quantitative estimate of drug-likeness (QED) is 0.796. The Hall–Kier alpha value is -1.72. The van der Waals surface area contributed by atoms with Gasteiger partial charge in [0, 0.05) is 0 Å². The maximum Gasteiger partial charge on any atom is 0.294 e. The predicted molar refractivity (Wildman–Crippen MR) is 62.7 cm³/mol. The molecule has 90 valence electrons. The van der Waals surface area contributed by atoms with Crippen LogP contribution in [0.15, 0.2) is 65.6 Å². The van der Waals surface area contributed by atoms with Crippen LogP contribution in [-0.4, -0.2) is 13.0 Å². The molecule has 0 saturated heterocycles. The average molecular weight is 254 g/mol. The van der Waals surface area contributed by atoms with Crippen molar-refractivity contribution in [2.75, 3.05) is 0 Å². The molecular weight excluding hydrogens is 243 g/mol. The monoisotopic (exact) mass is 254 g/mol. The van der Waals surface area contributed by atoms with Crippen LogP contribution in [0.25, 0.3) is 0 Å². The summed E-state index contributed by atoms with van der Waals surface area (Å²) in [5.41, 5.74) is 0. The van der Waals surface area contributed by atoms with Crippen LogP contribution in [0.5, 0.6) is 0 Å². The second-order valence-electron chi connectivity index (χ2n) is 3.08. The summed E-state index contributed by atoms with van der Waals surface area (Å²) < 4.78 is 41.4. The summed E-state index contributed by atoms with van der Waals surface area (Å²) in [7, 11) is -4.19. The molecule has 0 aliphatic carbocycles. The lowest BCUT2D eigenvalue weighted by molar-refractivity contribution is 0.483. The summed E-state index contributed by atoms with van der Waals surface area (Å²) in [5, 5.41) is 0. The van der Waals surface area contributed by atoms with E-state index in [0.717, 1.165) is 24.3 Å². The summed E-state index contributed by atoms with van der Waals surface area (Å²) in [6.45, 7) is 0. The van der Waals surface area contributed by atoms with Gasteiger partial charge < -0.3 is 0 Å². The largest absolute Gasteiger partial charge is 0.294 e. The molecule has 0 radical (unpaired) electrons. The maximum absolute atomic E-state index is 12.2. The Balaban J connectivity index is 0.000000202. The lowest BCUT2D eigenvalue weighted by Gasteiger charge is -1.93. The fraction of sp³-hybridized carbons (Fsp3) is 0. The first-order valence-electron chi connectivity index (χ1n) is 4.73. The Labute approximate surface area is 99.3 Å². The van der Waals surface area contributed by atoms with Gasteiger partial charge in [0.2, 0.25) is 0 Å². The van der Waals surface area contributed by atoms with Crippen LogP contribution >= 0.6 is 0 Å². The van der Waals surface area contributed by atoms with E-state index in [1.54, 1.807) is 0 Å². The zero-order chi connectivity index (χ0) is 12.7. The molecule has 0 amide bonds. The maximum atomic E-state index is 12.2. The summed E-state index contributed by atoms with van der Waals surface area (Å²) >= 11 is 0. The number of rotatable bonds is 1. The van der Waals surface area contributed by atoms with Crippen molar-refractivity contribution < 1.29 is 17.4 Å². The smallest absolute Gasteiger partial charge is 0.282 e. The van der Waals surface area contributed by atoms with E-state index in [9.17, 15) is 12.8 Å². The molecule has 0 fully saturated rings. The van der Waals surface area contributed by atoms with Gasteiger partial charge in [0.1, 0.15) is 5.82 Å². The normalized spacial score (nSPS) is 10.2. The molecule has 5 heteroatoms. The Kier molecular flexibility index (Phi) is 4.81. The summed E-state index contributed by atoms with van der Waals surface area (Å²) in [6, 6.07) is 15.9. The lowest BCUT2D eigenvalue weighted by atomic mass is 10.4. The van der Waals surface area contributed by atoms with Gasteiger partial charge in [0.05, 0.1) is 4.90 Å². The van der Waals surface area contributed by atoms with Gasteiger partial charge in [-0.25, -0.2) is 4.39 Å². The van der Waals surface area contributed by atoms with Crippen LogP contribution in [0.4, 0.5) is 4.39 Å². The highest BCUT2D eigenvalue weighted by Gasteiger charge is 2.07. The number of hydrogen-bond acceptors (Lipinski definition) is 2. The molecule has 2 aromatic rings. The van der Waals surface area contributed by atoms with E-state index < -0.39 is 15.9 Å². The van der Waals surface area contributed by atoms with Crippen molar-refractivity contribution in [3.8, 4) is 0 Å². The Bertz CT molecular complexity index is 509. The third-order valence-corrected chi connectivity index (χ3v) is 2.65. The molecule has 3 nitrogen and oxygen atoms in total. The van der Waals surface area contributed by atoms with E-state index in [1.165, 1.54) is 0 Å². The molecule has 0 spiro atoms. The minimum Gasteiger partial charge on any atom is -0.282 e. The molecule has 2 rings (SSSR count). The molecule has 0 heterocycles. The van der Waals surface area contributed by atoms with Crippen molar-refractivity contribution >= 4 is 10.1 Å². The number of hydrogen-bond donors (Lipinski definition) is 1. The third kappa shape index (κ3) is 5.24. The van der Waals surface area contributed by atoms with Crippen molar-refractivity contribution in [1.82, 2.24) is 0 Å². The van der Waals surface area contributed by atoms with Crippen LogP contribution in [0, 0.1) is 5.82 Å². The highest BCUT2D eigenvalue weighted by molar-refractivity contribution is 7.85. The lowest BCUT2D eigenvalue weighted by Crippen LogP contribution is -1.97. The molecule has 0 saturated carbocycles. The number of halogens is 1. The molecule has 1 N–H and O–H groups in total. The standard InChI is InChI=1S/C6H5FO3S.C6H6/c7-5-1-3-6(4-2-5)11(8,9)10;1-2-4-6-5-3-1/h1-4H,(H,8,9,10);1-6H. The van der Waals surface area contributed by atoms with Gasteiger partial charge in [-0.15, -0.1) is 0 Å². The SMILES string of the molecule is O=S(=O)(O)c1ccc(F)cc1.c1ccccc1. The van der Waals surface area contributed by atoms with E-state index in [-0.39, 0.29) is 4.90 Å². The van der Waals surface area contributed by atoms with Gasteiger partial charge in [-0.05, 0) is 24.3 Å². The Morgan fingerprint density at radius 1 is 0.824 bits per heavy atom. The molecular formula is C12H11FO3S. The first-order valence-corrected chi connectivity index (χ1v) is 6.17. The van der Waals surface area contributed by atoms with Crippen LogP contribution in [0.3, 0.4) is 0 Å². The van der Waals surface area contributed by atoms with Crippen LogP contribution in [-0.2, 0) is 10.1 Å². The van der Waals surface area contributed by atoms with Gasteiger partial charge in [0.15, 0.2) is 0 Å². The summed E-state index contributed by atoms with van der Waals surface area (Å²) in [6.07, 6.45) is 0. The molecule has 0 atom stereocenters. The van der Waals surface area contributed by atoms with Gasteiger partial charge in [-0.1, -0.05) is 36.4 Å². The van der Waals surface area contributed by atoms with Crippen LogP contribution < -0.4 is 0 Å². The number of benzene rings is 2. The molecule has 0 aliphatic rings. The fourth-order valence-corrected chi connectivity index (χ4v) is 1.47. The van der Waals surface area contributed by atoms with E-state index in [4.69, 9.17) is 4.55 Å². The first kappa shape index (κ1) is 13.3. The highest BCUT2D eigenvalue weighted by Crippen LogP contribution is 2.08. The molecule has 17 heavy (non-hydrogen) atoms. The van der Waals surface area contributed by atoms with E-state index >= 15 is 0 Å². The second kappa shape index (κ2) is 6.12. The first-order chi connectivity index (χ1) is 8.00. The van der Waals surface area contributed by atoms with Crippen LogP contribution in [0.1, 0.15) is 0 Å². The summed E-state index contributed by atoms with van der Waals surface area (Å²) in [4.78, 5) is -0.307. The average Bonchev–Trinajstić information content (AvgIpc) is 2.31. The van der Waals surface area contributed by atoms with Crippen molar-refractivity contribution in [3.05, 3.63) is 66.5 Å². The van der Waals surface area contributed by atoms with Crippen molar-refractivity contribution in [2.24, 2.45) is 0 Å². The Morgan fingerprint density at radius 2 is 1.18 bits per heavy atom. The topological polar surface area (TPSA) is 54.4 Å². The highest BCUT2D eigenvalue weighted by atomic mass is 32.2.